The third-order valence-corrected chi connectivity index (χ3v) is 4.54. The molecule has 0 unspecified atom stereocenters. The van der Waals surface area contributed by atoms with Crippen molar-refractivity contribution in [2.75, 3.05) is 25.6 Å². The molecular formula is C25H25N3O6. The molecule has 0 spiro atoms. The van der Waals surface area contributed by atoms with E-state index in [0.717, 1.165) is 0 Å². The van der Waals surface area contributed by atoms with Crippen molar-refractivity contribution in [3.8, 4) is 23.0 Å². The number of hydrogen-bond acceptors (Lipinski definition) is 7. The molecule has 0 saturated carbocycles. The molecule has 0 heterocycles. The number of hydrogen-bond donors (Lipinski definition) is 3. The van der Waals surface area contributed by atoms with Gasteiger partial charge in [0.2, 0.25) is 0 Å². The number of amides is 2. The van der Waals surface area contributed by atoms with E-state index >= 15 is 0 Å². The Morgan fingerprint density at radius 3 is 2.50 bits per heavy atom. The molecule has 3 N–H and O–H groups in total. The lowest BCUT2D eigenvalue weighted by atomic mass is 10.2. The number of carbonyl (C=O) groups excluding carboxylic acids is 2. The van der Waals surface area contributed by atoms with Gasteiger partial charge in [-0.1, -0.05) is 24.3 Å². The van der Waals surface area contributed by atoms with Gasteiger partial charge >= 0.3 is 0 Å². The number of nitrogens with zero attached hydrogens (tertiary/aromatic N) is 1. The van der Waals surface area contributed by atoms with Crippen molar-refractivity contribution in [3.63, 3.8) is 0 Å². The second-order valence-corrected chi connectivity index (χ2v) is 6.89. The van der Waals surface area contributed by atoms with Gasteiger partial charge in [-0.25, -0.2) is 5.43 Å². The van der Waals surface area contributed by atoms with Crippen LogP contribution in [-0.4, -0.2) is 43.5 Å². The Bertz CT molecular complexity index is 1180. The standard InChI is InChI=1S/C25H25N3O6/c1-3-33-23-14-17(15-26-28-25(31)18-8-4-6-10-20(18)29)12-13-22(23)34-16-24(30)27-19-9-5-7-11-21(19)32-2/h4-15,29H,3,16H2,1-2H3,(H,27,30)(H,28,31)/b26-15+. The molecule has 3 rings (SSSR count). The van der Waals surface area contributed by atoms with E-state index in [1.54, 1.807) is 54.6 Å². The second-order valence-electron chi connectivity index (χ2n) is 6.89. The highest BCUT2D eigenvalue weighted by atomic mass is 16.5. The van der Waals surface area contributed by atoms with Crippen LogP contribution in [0.25, 0.3) is 0 Å². The first-order chi connectivity index (χ1) is 16.5. The molecule has 0 aliphatic heterocycles. The molecule has 0 aromatic heterocycles. The Balaban J connectivity index is 1.62. The van der Waals surface area contributed by atoms with Crippen LogP contribution in [-0.2, 0) is 4.79 Å². The van der Waals surface area contributed by atoms with Crippen LogP contribution in [0.2, 0.25) is 0 Å². The maximum atomic E-state index is 12.3. The molecule has 0 aliphatic carbocycles. The molecular weight excluding hydrogens is 438 g/mol. The van der Waals surface area contributed by atoms with Crippen LogP contribution in [0.4, 0.5) is 5.69 Å². The lowest BCUT2D eigenvalue weighted by Crippen LogP contribution is -2.20. The minimum atomic E-state index is -0.541. The molecule has 3 aromatic rings. The van der Waals surface area contributed by atoms with Crippen molar-refractivity contribution in [1.82, 2.24) is 5.43 Å². The Morgan fingerprint density at radius 1 is 0.971 bits per heavy atom. The Kier molecular flexibility index (Phi) is 8.45. The van der Waals surface area contributed by atoms with Crippen LogP contribution in [0.15, 0.2) is 71.8 Å². The Hall–Kier alpha value is -4.53. The number of aromatic hydroxyl groups is 1. The number of hydrazone groups is 1. The fourth-order valence-corrected chi connectivity index (χ4v) is 2.96. The fourth-order valence-electron chi connectivity index (χ4n) is 2.96. The summed E-state index contributed by atoms with van der Waals surface area (Å²) in [4.78, 5) is 24.4. The molecule has 0 saturated heterocycles. The first-order valence-corrected chi connectivity index (χ1v) is 10.5. The summed E-state index contributed by atoms with van der Waals surface area (Å²) in [5.74, 6) is 0.315. The highest BCUT2D eigenvalue weighted by Crippen LogP contribution is 2.28. The van der Waals surface area contributed by atoms with E-state index in [1.165, 1.54) is 25.5 Å². The van der Waals surface area contributed by atoms with E-state index in [4.69, 9.17) is 14.2 Å². The molecule has 176 valence electrons. The molecule has 0 aliphatic rings. The third-order valence-electron chi connectivity index (χ3n) is 4.54. The molecule has 2 amide bonds. The van der Waals surface area contributed by atoms with Crippen molar-refractivity contribution in [3.05, 3.63) is 77.9 Å². The molecule has 9 heteroatoms. The maximum absolute atomic E-state index is 12.3. The van der Waals surface area contributed by atoms with Crippen LogP contribution in [0.5, 0.6) is 23.0 Å². The van der Waals surface area contributed by atoms with Gasteiger partial charge in [-0.2, -0.15) is 5.10 Å². The zero-order valence-electron chi connectivity index (χ0n) is 18.8. The van der Waals surface area contributed by atoms with Crippen molar-refractivity contribution in [2.24, 2.45) is 5.10 Å². The number of phenols is 1. The summed E-state index contributed by atoms with van der Waals surface area (Å²) in [6.07, 6.45) is 1.43. The van der Waals surface area contributed by atoms with Gasteiger partial charge in [0.1, 0.15) is 11.5 Å². The minimum absolute atomic E-state index is 0.116. The Morgan fingerprint density at radius 2 is 1.74 bits per heavy atom. The van der Waals surface area contributed by atoms with Crippen LogP contribution < -0.4 is 25.0 Å². The number of phenolic OH excluding ortho intramolecular Hbond substituents is 1. The first-order valence-electron chi connectivity index (χ1n) is 10.5. The van der Waals surface area contributed by atoms with Crippen molar-refractivity contribution >= 4 is 23.7 Å². The largest absolute Gasteiger partial charge is 0.507 e. The van der Waals surface area contributed by atoms with Crippen LogP contribution >= 0.6 is 0 Å². The summed E-state index contributed by atoms with van der Waals surface area (Å²) < 4.78 is 16.5. The molecule has 0 radical (unpaired) electrons. The van der Waals surface area contributed by atoms with Crippen LogP contribution in [0.3, 0.4) is 0 Å². The number of para-hydroxylation sites is 3. The van der Waals surface area contributed by atoms with Gasteiger partial charge in [0.05, 0.1) is 31.2 Å². The lowest BCUT2D eigenvalue weighted by molar-refractivity contribution is -0.118. The van der Waals surface area contributed by atoms with Gasteiger partial charge in [0.15, 0.2) is 18.1 Å². The number of benzene rings is 3. The molecule has 0 bridgehead atoms. The number of anilines is 1. The molecule has 0 fully saturated rings. The van der Waals surface area contributed by atoms with Gasteiger partial charge < -0.3 is 24.6 Å². The molecule has 34 heavy (non-hydrogen) atoms. The van der Waals surface area contributed by atoms with Crippen LogP contribution in [0.1, 0.15) is 22.8 Å². The average Bonchev–Trinajstić information content (AvgIpc) is 2.84. The first kappa shape index (κ1) is 24.1. The molecule has 0 atom stereocenters. The predicted octanol–water partition coefficient (Wildman–Crippen LogP) is 3.58. The van der Waals surface area contributed by atoms with E-state index in [1.807, 2.05) is 6.92 Å². The topological polar surface area (TPSA) is 118 Å². The van der Waals surface area contributed by atoms with E-state index < -0.39 is 5.91 Å². The summed E-state index contributed by atoms with van der Waals surface area (Å²) >= 11 is 0. The fraction of sp³-hybridized carbons (Fsp3) is 0.160. The minimum Gasteiger partial charge on any atom is -0.507 e. The number of carbonyl (C=O) groups is 2. The zero-order chi connectivity index (χ0) is 24.3. The number of rotatable bonds is 10. The van der Waals surface area contributed by atoms with E-state index in [-0.39, 0.29) is 23.8 Å². The molecule has 3 aromatic carbocycles. The SMILES string of the molecule is CCOc1cc(/C=N/NC(=O)c2ccccc2O)ccc1OCC(=O)Nc1ccccc1OC. The zero-order valence-corrected chi connectivity index (χ0v) is 18.8. The summed E-state index contributed by atoms with van der Waals surface area (Å²) in [6, 6.07) is 18.3. The molecule has 9 nitrogen and oxygen atoms in total. The van der Waals surface area contributed by atoms with Gasteiger partial charge in [-0.3, -0.25) is 9.59 Å². The van der Waals surface area contributed by atoms with Gasteiger partial charge in [-0.05, 0) is 55.0 Å². The average molecular weight is 463 g/mol. The number of nitrogens with one attached hydrogen (secondary N) is 2. The highest BCUT2D eigenvalue weighted by molar-refractivity contribution is 5.97. The lowest BCUT2D eigenvalue weighted by Gasteiger charge is -2.13. The summed E-state index contributed by atoms with van der Waals surface area (Å²) in [5.41, 5.74) is 3.65. The summed E-state index contributed by atoms with van der Waals surface area (Å²) in [5, 5.41) is 16.4. The Labute approximate surface area is 197 Å². The van der Waals surface area contributed by atoms with Gasteiger partial charge in [0, 0.05) is 0 Å². The van der Waals surface area contributed by atoms with E-state index in [0.29, 0.717) is 35.1 Å². The van der Waals surface area contributed by atoms with E-state index in [9.17, 15) is 14.7 Å². The monoisotopic (exact) mass is 463 g/mol. The van der Waals surface area contributed by atoms with Gasteiger partial charge in [0.25, 0.3) is 11.8 Å². The quantitative estimate of drug-likeness (QED) is 0.312. The highest BCUT2D eigenvalue weighted by Gasteiger charge is 2.12. The summed E-state index contributed by atoms with van der Waals surface area (Å²) in [6.45, 7) is 1.97. The van der Waals surface area contributed by atoms with Crippen molar-refractivity contribution in [2.45, 2.75) is 6.92 Å². The third kappa shape index (κ3) is 6.49. The van der Waals surface area contributed by atoms with Crippen molar-refractivity contribution < 1.29 is 28.9 Å². The van der Waals surface area contributed by atoms with Crippen LogP contribution in [0, 0.1) is 0 Å². The summed E-state index contributed by atoms with van der Waals surface area (Å²) in [7, 11) is 1.53. The number of methoxy groups -OCH3 is 1. The smallest absolute Gasteiger partial charge is 0.275 e. The maximum Gasteiger partial charge on any atom is 0.275 e. The normalized spacial score (nSPS) is 10.5. The van der Waals surface area contributed by atoms with E-state index in [2.05, 4.69) is 15.8 Å². The predicted molar refractivity (Wildman–Crippen MR) is 128 cm³/mol. The van der Waals surface area contributed by atoms with Gasteiger partial charge in [-0.15, -0.1) is 0 Å². The second kappa shape index (κ2) is 11.9. The number of ether oxygens (including phenoxy) is 3. The van der Waals surface area contributed by atoms with Crippen molar-refractivity contribution in [1.29, 1.82) is 0 Å².